The van der Waals surface area contributed by atoms with Gasteiger partial charge in [0.25, 0.3) is 6.47 Å². The molecular weight excluding hydrogens is 382 g/mol. The molecule has 0 aromatic rings. The monoisotopic (exact) mass is 425 g/mol. The smallest absolute Gasteiger partial charge is 0.407 e. The third kappa shape index (κ3) is 24.0. The van der Waals surface area contributed by atoms with Crippen LogP contribution in [0.4, 0.5) is 4.79 Å². The molecule has 0 heterocycles. The van der Waals surface area contributed by atoms with E-state index < -0.39 is 11.7 Å². The van der Waals surface area contributed by atoms with Gasteiger partial charge in [0.05, 0.1) is 19.3 Å². The minimum absolute atomic E-state index is 0.0834. The van der Waals surface area contributed by atoms with Crippen molar-refractivity contribution in [1.29, 1.82) is 0 Å². The van der Waals surface area contributed by atoms with Crippen molar-refractivity contribution in [2.24, 2.45) is 0 Å². The summed E-state index contributed by atoms with van der Waals surface area (Å²) in [6, 6.07) is -0.0834. The predicted octanol–water partition coefficient (Wildman–Crippen LogP) is 6.04. The molecule has 0 aliphatic heterocycles. The van der Waals surface area contributed by atoms with Gasteiger partial charge >= 0.3 is 6.09 Å². The number of allylic oxidation sites excluding steroid dienone is 5. The van der Waals surface area contributed by atoms with Crippen molar-refractivity contribution in [3.8, 4) is 0 Å². The number of carbonyl (C=O) groups is 2. The van der Waals surface area contributed by atoms with Crippen LogP contribution in [0.3, 0.4) is 0 Å². The first-order valence-electron chi connectivity index (χ1n) is 10.5. The number of alkyl carbamates (subject to hydrolysis) is 1. The third-order valence-corrected chi connectivity index (χ3v) is 3.80. The molecule has 0 saturated carbocycles. The van der Waals surface area contributed by atoms with Crippen LogP contribution >= 0.6 is 0 Å². The Bertz CT molecular complexity index is 567. The molecule has 174 valence electrons. The highest BCUT2D eigenvalue weighted by molar-refractivity contribution is 5.68. The van der Waals surface area contributed by atoms with E-state index in [0.29, 0.717) is 13.2 Å². The molecule has 1 unspecified atom stereocenters. The number of carboxylic acid groups (broad SMARTS) is 1. The number of carbonyl (C=O) groups excluding carboxylic acids is 1. The molecule has 0 fully saturated rings. The minimum Gasteiger partial charge on any atom is -0.483 e. The quantitative estimate of drug-likeness (QED) is 0.240. The van der Waals surface area contributed by atoms with Crippen molar-refractivity contribution in [2.75, 3.05) is 13.2 Å². The Kier molecular flexibility index (Phi) is 17.8. The van der Waals surface area contributed by atoms with Crippen molar-refractivity contribution in [3.05, 3.63) is 34.9 Å². The van der Waals surface area contributed by atoms with Crippen molar-refractivity contribution >= 4 is 12.6 Å². The third-order valence-electron chi connectivity index (χ3n) is 3.80. The molecule has 0 spiro atoms. The minimum atomic E-state index is -0.483. The molecule has 2 N–H and O–H groups in total. The van der Waals surface area contributed by atoms with Crippen molar-refractivity contribution in [3.63, 3.8) is 0 Å². The van der Waals surface area contributed by atoms with Gasteiger partial charge in [-0.15, -0.1) is 0 Å². The van der Waals surface area contributed by atoms with Crippen molar-refractivity contribution < 1.29 is 24.2 Å². The maximum absolute atomic E-state index is 11.7. The highest BCUT2D eigenvalue weighted by Gasteiger charge is 2.17. The van der Waals surface area contributed by atoms with E-state index in [4.69, 9.17) is 19.4 Å². The first-order chi connectivity index (χ1) is 13.9. The lowest BCUT2D eigenvalue weighted by molar-refractivity contribution is -0.122. The molecule has 0 aliphatic carbocycles. The van der Waals surface area contributed by atoms with Crippen LogP contribution in [0.2, 0.25) is 0 Å². The number of hydrogen-bond acceptors (Lipinski definition) is 4. The van der Waals surface area contributed by atoms with Gasteiger partial charge in [-0.3, -0.25) is 4.79 Å². The lowest BCUT2D eigenvalue weighted by atomic mass is 10.1. The van der Waals surface area contributed by atoms with E-state index in [1.807, 2.05) is 27.7 Å². The number of rotatable bonds is 11. The van der Waals surface area contributed by atoms with Crippen molar-refractivity contribution in [2.45, 2.75) is 92.7 Å². The summed E-state index contributed by atoms with van der Waals surface area (Å²) in [6.07, 6.45) is 10.7. The fourth-order valence-corrected chi connectivity index (χ4v) is 2.34. The Morgan fingerprint density at radius 2 is 1.50 bits per heavy atom. The number of amides is 1. The van der Waals surface area contributed by atoms with Crippen LogP contribution in [0, 0.1) is 0 Å². The van der Waals surface area contributed by atoms with Crippen LogP contribution in [0.15, 0.2) is 34.9 Å². The Labute approximate surface area is 183 Å². The molecule has 0 radical (unpaired) electrons. The predicted molar refractivity (Wildman–Crippen MR) is 124 cm³/mol. The summed E-state index contributed by atoms with van der Waals surface area (Å²) in [7, 11) is 0. The fourth-order valence-electron chi connectivity index (χ4n) is 2.34. The molecule has 0 saturated heterocycles. The largest absolute Gasteiger partial charge is 0.483 e. The Morgan fingerprint density at radius 3 is 2.00 bits per heavy atom. The van der Waals surface area contributed by atoms with E-state index in [9.17, 15) is 4.79 Å². The van der Waals surface area contributed by atoms with E-state index in [0.717, 1.165) is 25.7 Å². The Morgan fingerprint density at radius 1 is 1.00 bits per heavy atom. The number of ether oxygens (including phenoxy) is 2. The summed E-state index contributed by atoms with van der Waals surface area (Å²) in [6.45, 7) is 16.9. The first-order valence-corrected chi connectivity index (χ1v) is 10.5. The highest BCUT2D eigenvalue weighted by atomic mass is 16.6. The second kappa shape index (κ2) is 17.8. The molecule has 1 atom stereocenters. The molecule has 0 bridgehead atoms. The summed E-state index contributed by atoms with van der Waals surface area (Å²) >= 11 is 0. The number of hydrogen-bond donors (Lipinski definition) is 2. The van der Waals surface area contributed by atoms with E-state index in [-0.39, 0.29) is 12.5 Å². The van der Waals surface area contributed by atoms with E-state index >= 15 is 0 Å². The highest BCUT2D eigenvalue weighted by Crippen LogP contribution is 2.11. The van der Waals surface area contributed by atoms with Gasteiger partial charge in [0, 0.05) is 0 Å². The summed E-state index contributed by atoms with van der Waals surface area (Å²) < 4.78 is 10.9. The van der Waals surface area contributed by atoms with Gasteiger partial charge in [-0.25, -0.2) is 4.79 Å². The number of nitrogens with one attached hydrogen (secondary N) is 1. The SMILES string of the molecule is CC(C)=CCC/C(C)=C/CC/C(C)=C/COCC(C)NC(=O)OC(C)(C)C.O=CO. The van der Waals surface area contributed by atoms with Crippen LogP contribution in [0.1, 0.15) is 81.1 Å². The van der Waals surface area contributed by atoms with E-state index in [2.05, 4.69) is 51.2 Å². The summed E-state index contributed by atoms with van der Waals surface area (Å²) in [5, 5.41) is 9.67. The van der Waals surface area contributed by atoms with Crippen molar-refractivity contribution in [1.82, 2.24) is 5.32 Å². The first kappa shape index (κ1) is 30.1. The van der Waals surface area contributed by atoms with Crippen LogP contribution in [0.5, 0.6) is 0 Å². The van der Waals surface area contributed by atoms with Gasteiger partial charge in [-0.2, -0.15) is 0 Å². The maximum atomic E-state index is 11.7. The zero-order valence-corrected chi connectivity index (χ0v) is 20.2. The van der Waals surface area contributed by atoms with Gasteiger partial charge in [0.1, 0.15) is 5.60 Å². The van der Waals surface area contributed by atoms with Crippen LogP contribution in [-0.4, -0.2) is 42.5 Å². The van der Waals surface area contributed by atoms with Crippen LogP contribution < -0.4 is 5.32 Å². The lowest BCUT2D eigenvalue weighted by Gasteiger charge is -2.21. The zero-order valence-electron chi connectivity index (χ0n) is 20.2. The Balaban J connectivity index is 0. The topological polar surface area (TPSA) is 84.9 Å². The van der Waals surface area contributed by atoms with E-state index in [1.54, 1.807) is 0 Å². The summed E-state index contributed by atoms with van der Waals surface area (Å²) in [5.74, 6) is 0. The molecule has 0 aromatic carbocycles. The molecule has 6 nitrogen and oxygen atoms in total. The molecular formula is C24H43NO5. The van der Waals surface area contributed by atoms with Crippen LogP contribution in [-0.2, 0) is 14.3 Å². The van der Waals surface area contributed by atoms with Gasteiger partial charge in [0.15, 0.2) is 0 Å². The average Bonchev–Trinajstić information content (AvgIpc) is 2.57. The van der Waals surface area contributed by atoms with Gasteiger partial charge < -0.3 is 19.9 Å². The fraction of sp³-hybridized carbons (Fsp3) is 0.667. The van der Waals surface area contributed by atoms with Crippen LogP contribution in [0.25, 0.3) is 0 Å². The molecule has 1 amide bonds. The van der Waals surface area contributed by atoms with E-state index in [1.165, 1.54) is 16.7 Å². The summed E-state index contributed by atoms with van der Waals surface area (Å²) in [4.78, 5) is 20.0. The second-order valence-electron chi connectivity index (χ2n) is 8.65. The standard InChI is InChI=1S/C23H41NO3.CH2O2/c1-18(2)11-9-12-19(3)13-10-14-20(4)15-16-26-17-21(5)24-22(25)27-23(6,7)8;2-1-3/h11,13,15,21H,9-10,12,14,16-17H2,1-8H3,(H,24,25);1H,(H,2,3)/b19-13+,20-15+;. The molecule has 6 heteroatoms. The summed E-state index contributed by atoms with van der Waals surface area (Å²) in [5.41, 5.74) is 3.69. The maximum Gasteiger partial charge on any atom is 0.407 e. The zero-order chi connectivity index (χ0) is 23.6. The molecule has 30 heavy (non-hydrogen) atoms. The molecule has 0 aliphatic rings. The van der Waals surface area contributed by atoms with Gasteiger partial charge in [-0.1, -0.05) is 34.9 Å². The lowest BCUT2D eigenvalue weighted by Crippen LogP contribution is -2.39. The average molecular weight is 426 g/mol. The molecule has 0 rings (SSSR count). The van der Waals surface area contributed by atoms with Gasteiger partial charge in [0.2, 0.25) is 0 Å². The molecule has 0 aromatic heterocycles. The normalized spacial score (nSPS) is 12.9. The second-order valence-corrected chi connectivity index (χ2v) is 8.65. The van der Waals surface area contributed by atoms with Gasteiger partial charge in [-0.05, 0) is 81.1 Å². The Hall–Kier alpha value is -2.08.